The van der Waals surface area contributed by atoms with E-state index in [1.54, 1.807) is 6.08 Å². The lowest BCUT2D eigenvalue weighted by Gasteiger charge is -2.13. The second-order valence-electron chi connectivity index (χ2n) is 4.67. The third kappa shape index (κ3) is 4.41. The van der Waals surface area contributed by atoms with E-state index in [4.69, 9.17) is 12.2 Å². The van der Waals surface area contributed by atoms with Crippen LogP contribution in [0.4, 0.5) is 0 Å². The zero-order chi connectivity index (χ0) is 16.1. The summed E-state index contributed by atoms with van der Waals surface area (Å²) in [6.07, 6.45) is 2.64. The number of rotatable bonds is 5. The summed E-state index contributed by atoms with van der Waals surface area (Å²) in [7, 11) is 0. The Morgan fingerprint density at radius 2 is 2.09 bits per heavy atom. The lowest BCUT2D eigenvalue weighted by Crippen LogP contribution is -2.39. The fraction of sp³-hybridized carbons (Fsp3) is 0.267. The highest BCUT2D eigenvalue weighted by atomic mass is 79.9. The summed E-state index contributed by atoms with van der Waals surface area (Å²) in [5.41, 5.74) is 0.916. The second-order valence-corrected chi connectivity index (χ2v) is 7.26. The summed E-state index contributed by atoms with van der Waals surface area (Å²) >= 11 is 9.80. The van der Waals surface area contributed by atoms with Gasteiger partial charge in [0.05, 0.1) is 4.91 Å². The fourth-order valence-corrected chi connectivity index (χ4v) is 3.33. The Labute approximate surface area is 147 Å². The van der Waals surface area contributed by atoms with Crippen LogP contribution in [0.2, 0.25) is 0 Å². The third-order valence-corrected chi connectivity index (χ3v) is 4.82. The lowest BCUT2D eigenvalue weighted by atomic mass is 10.2. The molecule has 0 aromatic heterocycles. The van der Waals surface area contributed by atoms with Crippen molar-refractivity contribution in [3.8, 4) is 0 Å². The van der Waals surface area contributed by atoms with Crippen molar-refractivity contribution in [3.63, 3.8) is 0 Å². The topological polar surface area (TPSA) is 49.4 Å². The van der Waals surface area contributed by atoms with Gasteiger partial charge < -0.3 is 5.32 Å². The molecule has 1 aromatic rings. The maximum absolute atomic E-state index is 12.4. The molecule has 2 rings (SSSR count). The Balaban J connectivity index is 2.08. The number of carbonyl (C=O) groups is 2. The molecular weight excluding hydrogens is 384 g/mol. The van der Waals surface area contributed by atoms with Gasteiger partial charge in [-0.1, -0.05) is 59.0 Å². The molecule has 7 heteroatoms. The number of nitrogens with one attached hydrogen (secondary N) is 1. The van der Waals surface area contributed by atoms with E-state index < -0.39 is 0 Å². The van der Waals surface area contributed by atoms with Gasteiger partial charge in [-0.2, -0.15) is 0 Å². The first-order chi connectivity index (χ1) is 10.5. The molecule has 1 aromatic carbocycles. The van der Waals surface area contributed by atoms with Crippen molar-refractivity contribution in [2.75, 3.05) is 13.1 Å². The summed E-state index contributed by atoms with van der Waals surface area (Å²) in [5, 5.41) is 2.74. The van der Waals surface area contributed by atoms with E-state index in [9.17, 15) is 9.59 Å². The highest BCUT2D eigenvalue weighted by molar-refractivity contribution is 9.10. The van der Waals surface area contributed by atoms with E-state index in [0.29, 0.717) is 15.8 Å². The molecule has 0 atom stereocenters. The van der Waals surface area contributed by atoms with Crippen LogP contribution in [0.15, 0.2) is 33.6 Å². The molecular formula is C15H15BrN2O2S2. The van der Waals surface area contributed by atoms with E-state index in [-0.39, 0.29) is 18.4 Å². The van der Waals surface area contributed by atoms with E-state index in [2.05, 4.69) is 21.2 Å². The first kappa shape index (κ1) is 17.2. The molecule has 1 aliphatic heterocycles. The number of halogens is 1. The molecule has 1 N–H and O–H groups in total. The van der Waals surface area contributed by atoms with Crippen LogP contribution in [0.5, 0.6) is 0 Å². The normalized spacial score (nSPS) is 16.5. The van der Waals surface area contributed by atoms with Crippen molar-refractivity contribution in [2.45, 2.75) is 13.3 Å². The summed E-state index contributed by atoms with van der Waals surface area (Å²) in [5.74, 6) is -0.410. The van der Waals surface area contributed by atoms with Crippen LogP contribution in [-0.4, -0.2) is 34.1 Å². The quantitative estimate of drug-likeness (QED) is 0.611. The molecule has 0 unspecified atom stereocenters. The van der Waals surface area contributed by atoms with E-state index in [1.807, 2.05) is 31.2 Å². The minimum atomic E-state index is -0.218. The third-order valence-electron chi connectivity index (χ3n) is 2.92. The number of thioether (sulfide) groups is 1. The van der Waals surface area contributed by atoms with E-state index in [0.717, 1.165) is 16.5 Å². The average molecular weight is 399 g/mol. The predicted octanol–water partition coefficient (Wildman–Crippen LogP) is 3.18. The highest BCUT2D eigenvalue weighted by Gasteiger charge is 2.33. The lowest BCUT2D eigenvalue weighted by molar-refractivity contribution is -0.128. The smallest absolute Gasteiger partial charge is 0.266 e. The van der Waals surface area contributed by atoms with Crippen molar-refractivity contribution in [1.29, 1.82) is 0 Å². The maximum Gasteiger partial charge on any atom is 0.266 e. The molecule has 1 aliphatic rings. The molecule has 0 saturated carbocycles. The summed E-state index contributed by atoms with van der Waals surface area (Å²) in [4.78, 5) is 26.0. The first-order valence-corrected chi connectivity index (χ1v) is 8.80. The van der Waals surface area contributed by atoms with Crippen molar-refractivity contribution < 1.29 is 9.59 Å². The molecule has 0 bridgehead atoms. The van der Waals surface area contributed by atoms with Crippen LogP contribution >= 0.6 is 39.9 Å². The van der Waals surface area contributed by atoms with Crippen LogP contribution < -0.4 is 5.32 Å². The minimum Gasteiger partial charge on any atom is -0.355 e. The molecule has 0 radical (unpaired) electrons. The van der Waals surface area contributed by atoms with Crippen molar-refractivity contribution in [3.05, 3.63) is 39.2 Å². The van der Waals surface area contributed by atoms with Gasteiger partial charge in [0.15, 0.2) is 0 Å². The Kier molecular flexibility index (Phi) is 6.16. The van der Waals surface area contributed by atoms with Crippen molar-refractivity contribution in [1.82, 2.24) is 10.2 Å². The summed E-state index contributed by atoms with van der Waals surface area (Å²) in [6, 6.07) is 7.63. The number of hydrogen-bond acceptors (Lipinski definition) is 4. The number of thiocarbonyl (C=S) groups is 1. The molecule has 1 fully saturated rings. The second kappa shape index (κ2) is 7.89. The van der Waals surface area contributed by atoms with Gasteiger partial charge in [0.1, 0.15) is 10.9 Å². The maximum atomic E-state index is 12.4. The highest BCUT2D eigenvalue weighted by Crippen LogP contribution is 2.32. The Morgan fingerprint density at radius 3 is 2.73 bits per heavy atom. The number of hydrogen-bond donors (Lipinski definition) is 1. The van der Waals surface area contributed by atoms with E-state index in [1.165, 1.54) is 16.7 Å². The van der Waals surface area contributed by atoms with Crippen molar-refractivity contribution in [2.24, 2.45) is 0 Å². The molecule has 1 heterocycles. The number of nitrogens with zero attached hydrogens (tertiary/aromatic N) is 1. The number of benzene rings is 1. The van der Waals surface area contributed by atoms with Crippen LogP contribution in [0, 0.1) is 0 Å². The van der Waals surface area contributed by atoms with Gasteiger partial charge >= 0.3 is 0 Å². The zero-order valence-electron chi connectivity index (χ0n) is 12.0. The van der Waals surface area contributed by atoms with Crippen LogP contribution in [0.25, 0.3) is 6.08 Å². The number of carbonyl (C=O) groups excluding carboxylic acids is 2. The van der Waals surface area contributed by atoms with Gasteiger partial charge in [-0.3, -0.25) is 14.5 Å². The van der Waals surface area contributed by atoms with Gasteiger partial charge in [0, 0.05) is 11.0 Å². The Hall–Kier alpha value is -1.18. The average Bonchev–Trinajstić information content (AvgIpc) is 2.75. The zero-order valence-corrected chi connectivity index (χ0v) is 15.2. The SMILES string of the molecule is CCCNC(=O)CN1C(=O)/C(=C/c2ccc(Br)cc2)SC1=S. The van der Waals surface area contributed by atoms with Gasteiger partial charge in [0.25, 0.3) is 5.91 Å². The monoisotopic (exact) mass is 398 g/mol. The largest absolute Gasteiger partial charge is 0.355 e. The molecule has 22 heavy (non-hydrogen) atoms. The van der Waals surface area contributed by atoms with Gasteiger partial charge in [-0.05, 0) is 30.2 Å². The van der Waals surface area contributed by atoms with Gasteiger partial charge in [-0.25, -0.2) is 0 Å². The van der Waals surface area contributed by atoms with Gasteiger partial charge in [0.2, 0.25) is 5.91 Å². The molecule has 116 valence electrons. The summed E-state index contributed by atoms with van der Waals surface area (Å²) in [6.45, 7) is 2.55. The standard InChI is InChI=1S/C15H15BrN2O2S2/c1-2-7-17-13(19)9-18-14(20)12(22-15(18)21)8-10-3-5-11(16)6-4-10/h3-6,8H,2,7,9H2,1H3,(H,17,19)/b12-8-. The minimum absolute atomic E-state index is 0.0255. The molecule has 0 spiro atoms. The van der Waals surface area contributed by atoms with Crippen molar-refractivity contribution >= 4 is 62.1 Å². The molecule has 0 aliphatic carbocycles. The Bertz CT molecular complexity index is 629. The molecule has 4 nitrogen and oxygen atoms in total. The van der Waals surface area contributed by atoms with Crippen LogP contribution in [0.3, 0.4) is 0 Å². The van der Waals surface area contributed by atoms with Gasteiger partial charge in [-0.15, -0.1) is 0 Å². The predicted molar refractivity (Wildman–Crippen MR) is 97.3 cm³/mol. The Morgan fingerprint density at radius 1 is 1.41 bits per heavy atom. The first-order valence-electron chi connectivity index (χ1n) is 6.79. The molecule has 2 amide bonds. The van der Waals surface area contributed by atoms with Crippen LogP contribution in [-0.2, 0) is 9.59 Å². The van der Waals surface area contributed by atoms with Crippen LogP contribution in [0.1, 0.15) is 18.9 Å². The molecule has 1 saturated heterocycles. The summed E-state index contributed by atoms with van der Waals surface area (Å²) < 4.78 is 1.39. The van der Waals surface area contributed by atoms with E-state index >= 15 is 0 Å². The fourth-order valence-electron chi connectivity index (χ4n) is 1.81. The number of amides is 2.